The van der Waals surface area contributed by atoms with E-state index in [1.807, 2.05) is 0 Å². The topological polar surface area (TPSA) is 63.1 Å². The molecule has 0 saturated carbocycles. The number of carboxylic acid groups (broad SMARTS) is 1. The number of rotatable bonds is 4. The van der Waals surface area contributed by atoms with Crippen molar-refractivity contribution in [1.29, 1.82) is 0 Å². The van der Waals surface area contributed by atoms with Gasteiger partial charge < -0.3 is 5.11 Å². The van der Waals surface area contributed by atoms with Gasteiger partial charge in [-0.15, -0.1) is 11.8 Å². The molecule has 76 valence electrons. The molecule has 0 bridgehead atoms. The SMILES string of the molecule is CC(C)CSc1cnc(C(=O)O)cn1. The molecule has 0 spiro atoms. The highest BCUT2D eigenvalue weighted by molar-refractivity contribution is 7.99. The second kappa shape index (κ2) is 4.95. The Hall–Kier alpha value is -1.10. The Balaban J connectivity index is 2.60. The maximum atomic E-state index is 10.5. The lowest BCUT2D eigenvalue weighted by Gasteiger charge is -2.02. The monoisotopic (exact) mass is 212 g/mol. The van der Waals surface area contributed by atoms with Crippen molar-refractivity contribution in [2.45, 2.75) is 18.9 Å². The Morgan fingerprint density at radius 2 is 2.21 bits per heavy atom. The molecule has 0 unspecified atom stereocenters. The third-order valence-corrected chi connectivity index (χ3v) is 2.75. The number of thioether (sulfide) groups is 1. The Kier molecular flexibility index (Phi) is 3.88. The summed E-state index contributed by atoms with van der Waals surface area (Å²) in [5.41, 5.74) is -0.0149. The van der Waals surface area contributed by atoms with Crippen molar-refractivity contribution in [1.82, 2.24) is 9.97 Å². The van der Waals surface area contributed by atoms with Gasteiger partial charge in [0.05, 0.1) is 12.4 Å². The van der Waals surface area contributed by atoms with E-state index in [0.29, 0.717) is 5.92 Å². The maximum absolute atomic E-state index is 10.5. The second-order valence-corrected chi connectivity index (χ2v) is 4.29. The molecule has 0 aromatic carbocycles. The number of hydrogen-bond acceptors (Lipinski definition) is 4. The average Bonchev–Trinajstić information content (AvgIpc) is 2.15. The average molecular weight is 212 g/mol. The minimum Gasteiger partial charge on any atom is -0.476 e. The van der Waals surface area contributed by atoms with E-state index in [1.54, 1.807) is 11.8 Å². The Bertz CT molecular complexity index is 311. The smallest absolute Gasteiger partial charge is 0.356 e. The fraction of sp³-hybridized carbons (Fsp3) is 0.444. The summed E-state index contributed by atoms with van der Waals surface area (Å²) in [6.45, 7) is 4.23. The zero-order chi connectivity index (χ0) is 10.6. The van der Waals surface area contributed by atoms with Crippen molar-refractivity contribution in [3.63, 3.8) is 0 Å². The first-order valence-electron chi connectivity index (χ1n) is 4.27. The van der Waals surface area contributed by atoms with Crippen LogP contribution in [0, 0.1) is 5.92 Å². The van der Waals surface area contributed by atoms with E-state index < -0.39 is 5.97 Å². The summed E-state index contributed by atoms with van der Waals surface area (Å²) in [6.07, 6.45) is 2.78. The quantitative estimate of drug-likeness (QED) is 0.772. The number of nitrogens with zero attached hydrogens (tertiary/aromatic N) is 2. The van der Waals surface area contributed by atoms with Gasteiger partial charge in [0.1, 0.15) is 5.03 Å². The molecule has 0 aliphatic heterocycles. The first-order chi connectivity index (χ1) is 6.59. The highest BCUT2D eigenvalue weighted by Gasteiger charge is 2.05. The van der Waals surface area contributed by atoms with Gasteiger partial charge in [0.25, 0.3) is 0 Å². The van der Waals surface area contributed by atoms with Crippen molar-refractivity contribution in [3.05, 3.63) is 18.1 Å². The molecule has 1 aromatic rings. The Labute approximate surface area is 86.8 Å². The van der Waals surface area contributed by atoms with E-state index in [9.17, 15) is 4.79 Å². The van der Waals surface area contributed by atoms with Crippen LogP contribution in [0.15, 0.2) is 17.4 Å². The Morgan fingerprint density at radius 1 is 1.50 bits per heavy atom. The van der Waals surface area contributed by atoms with Crippen LogP contribution < -0.4 is 0 Å². The fourth-order valence-corrected chi connectivity index (χ4v) is 1.51. The van der Waals surface area contributed by atoms with Crippen molar-refractivity contribution >= 4 is 17.7 Å². The lowest BCUT2D eigenvalue weighted by molar-refractivity contribution is 0.0689. The van der Waals surface area contributed by atoms with Gasteiger partial charge in [-0.2, -0.15) is 0 Å². The number of carboxylic acids is 1. The summed E-state index contributed by atoms with van der Waals surface area (Å²) in [6, 6.07) is 0. The van der Waals surface area contributed by atoms with Crippen LogP contribution in [0.1, 0.15) is 24.3 Å². The van der Waals surface area contributed by atoms with Gasteiger partial charge in [0.15, 0.2) is 5.69 Å². The molecule has 4 nitrogen and oxygen atoms in total. The van der Waals surface area contributed by atoms with Gasteiger partial charge in [0.2, 0.25) is 0 Å². The summed E-state index contributed by atoms with van der Waals surface area (Å²) < 4.78 is 0. The molecule has 0 fully saturated rings. The minimum absolute atomic E-state index is 0.0149. The van der Waals surface area contributed by atoms with Crippen LogP contribution in [0.3, 0.4) is 0 Å². The number of aromatic nitrogens is 2. The number of carbonyl (C=O) groups is 1. The third kappa shape index (κ3) is 3.33. The molecule has 0 atom stereocenters. The van der Waals surface area contributed by atoms with Crippen LogP contribution in [0.5, 0.6) is 0 Å². The molecule has 0 radical (unpaired) electrons. The molecule has 0 saturated heterocycles. The second-order valence-electron chi connectivity index (χ2n) is 3.25. The van der Waals surface area contributed by atoms with Crippen LogP contribution >= 0.6 is 11.8 Å². The molecule has 1 rings (SSSR count). The van der Waals surface area contributed by atoms with Gasteiger partial charge in [-0.05, 0) is 5.92 Å². The molecule has 1 aromatic heterocycles. The summed E-state index contributed by atoms with van der Waals surface area (Å²) in [5, 5.41) is 9.35. The first kappa shape index (κ1) is 11.0. The summed E-state index contributed by atoms with van der Waals surface area (Å²) >= 11 is 1.58. The summed E-state index contributed by atoms with van der Waals surface area (Å²) in [4.78, 5) is 18.2. The highest BCUT2D eigenvalue weighted by Crippen LogP contribution is 2.16. The predicted octanol–water partition coefficient (Wildman–Crippen LogP) is 1.92. The van der Waals surface area contributed by atoms with Crippen LogP contribution in [-0.4, -0.2) is 26.8 Å². The Morgan fingerprint density at radius 3 is 2.64 bits per heavy atom. The van der Waals surface area contributed by atoms with Gasteiger partial charge in [-0.25, -0.2) is 14.8 Å². The van der Waals surface area contributed by atoms with Crippen LogP contribution in [0.2, 0.25) is 0 Å². The molecule has 0 amide bonds. The largest absolute Gasteiger partial charge is 0.476 e. The van der Waals surface area contributed by atoms with E-state index >= 15 is 0 Å². The van der Waals surface area contributed by atoms with Crippen molar-refractivity contribution in [3.8, 4) is 0 Å². The van der Waals surface area contributed by atoms with Gasteiger partial charge in [-0.3, -0.25) is 0 Å². The van der Waals surface area contributed by atoms with E-state index in [2.05, 4.69) is 23.8 Å². The highest BCUT2D eigenvalue weighted by atomic mass is 32.2. The maximum Gasteiger partial charge on any atom is 0.356 e. The number of hydrogen-bond donors (Lipinski definition) is 1. The third-order valence-electron chi connectivity index (χ3n) is 1.41. The lowest BCUT2D eigenvalue weighted by atomic mass is 10.3. The standard InChI is InChI=1S/C9H12N2O2S/c1-6(2)5-14-8-4-10-7(3-11-8)9(12)13/h3-4,6H,5H2,1-2H3,(H,12,13). The van der Waals surface area contributed by atoms with E-state index in [-0.39, 0.29) is 5.69 Å². The van der Waals surface area contributed by atoms with Crippen LogP contribution in [0.25, 0.3) is 0 Å². The molecule has 1 N–H and O–H groups in total. The van der Waals surface area contributed by atoms with Gasteiger partial charge in [-0.1, -0.05) is 13.8 Å². The summed E-state index contributed by atoms with van der Waals surface area (Å²) in [7, 11) is 0. The van der Waals surface area contributed by atoms with E-state index in [0.717, 1.165) is 10.8 Å². The number of aromatic carboxylic acids is 1. The van der Waals surface area contributed by atoms with Crippen molar-refractivity contribution in [2.24, 2.45) is 5.92 Å². The fourth-order valence-electron chi connectivity index (χ4n) is 0.753. The van der Waals surface area contributed by atoms with Crippen LogP contribution in [0.4, 0.5) is 0 Å². The molecule has 1 heterocycles. The first-order valence-corrected chi connectivity index (χ1v) is 5.26. The van der Waals surface area contributed by atoms with E-state index in [1.165, 1.54) is 12.4 Å². The van der Waals surface area contributed by atoms with Crippen molar-refractivity contribution < 1.29 is 9.90 Å². The molecular weight excluding hydrogens is 200 g/mol. The summed E-state index contributed by atoms with van der Waals surface area (Å²) in [5.74, 6) is 0.500. The van der Waals surface area contributed by atoms with E-state index in [4.69, 9.17) is 5.11 Å². The predicted molar refractivity (Wildman–Crippen MR) is 54.6 cm³/mol. The molecular formula is C9H12N2O2S. The molecule has 14 heavy (non-hydrogen) atoms. The van der Waals surface area contributed by atoms with Gasteiger partial charge >= 0.3 is 5.97 Å². The zero-order valence-corrected chi connectivity index (χ0v) is 8.91. The molecule has 5 heteroatoms. The van der Waals surface area contributed by atoms with Crippen molar-refractivity contribution in [2.75, 3.05) is 5.75 Å². The van der Waals surface area contributed by atoms with Gasteiger partial charge in [0, 0.05) is 5.75 Å². The lowest BCUT2D eigenvalue weighted by Crippen LogP contribution is -2.01. The normalized spacial score (nSPS) is 10.5. The molecule has 0 aliphatic carbocycles. The van der Waals surface area contributed by atoms with Crippen LogP contribution in [-0.2, 0) is 0 Å². The zero-order valence-electron chi connectivity index (χ0n) is 8.10. The molecule has 0 aliphatic rings. The minimum atomic E-state index is -1.04.